The highest BCUT2D eigenvalue weighted by molar-refractivity contribution is 5.49. The maximum Gasteiger partial charge on any atom is 0.142 e. The van der Waals surface area contributed by atoms with Gasteiger partial charge in [0.05, 0.1) is 0 Å². The Morgan fingerprint density at radius 1 is 1.38 bits per heavy atom. The van der Waals surface area contributed by atoms with Gasteiger partial charge in [-0.2, -0.15) is 5.26 Å². The van der Waals surface area contributed by atoms with Gasteiger partial charge in [0.25, 0.3) is 0 Å². The van der Waals surface area contributed by atoms with E-state index in [1.807, 2.05) is 12.1 Å². The highest BCUT2D eigenvalue weighted by atomic mass is 15.3. The first kappa shape index (κ1) is 10.9. The smallest absolute Gasteiger partial charge is 0.142 e. The SMILES string of the molecule is CCN1CCN(c2ccnc(C#N)c2)CC1. The summed E-state index contributed by atoms with van der Waals surface area (Å²) in [6, 6.07) is 5.92. The fraction of sp³-hybridized carbons (Fsp3) is 0.500. The summed E-state index contributed by atoms with van der Waals surface area (Å²) in [5, 5.41) is 8.80. The molecule has 0 saturated carbocycles. The molecule has 0 atom stereocenters. The zero-order valence-electron chi connectivity index (χ0n) is 9.56. The Balaban J connectivity index is 2.05. The van der Waals surface area contributed by atoms with E-state index in [-0.39, 0.29) is 0 Å². The van der Waals surface area contributed by atoms with Crippen molar-refractivity contribution in [2.75, 3.05) is 37.6 Å². The first-order valence-electron chi connectivity index (χ1n) is 5.67. The number of rotatable bonds is 2. The van der Waals surface area contributed by atoms with E-state index in [1.54, 1.807) is 6.20 Å². The highest BCUT2D eigenvalue weighted by Crippen LogP contribution is 2.16. The molecule has 0 aliphatic carbocycles. The molecule has 0 bridgehead atoms. The largest absolute Gasteiger partial charge is 0.369 e. The van der Waals surface area contributed by atoms with Crippen LogP contribution in [0.1, 0.15) is 12.6 Å². The summed E-state index contributed by atoms with van der Waals surface area (Å²) in [4.78, 5) is 8.73. The van der Waals surface area contributed by atoms with Crippen molar-refractivity contribution in [3.8, 4) is 6.07 Å². The molecule has 1 fully saturated rings. The van der Waals surface area contributed by atoms with Crippen molar-refractivity contribution in [2.24, 2.45) is 0 Å². The van der Waals surface area contributed by atoms with E-state index in [0.717, 1.165) is 38.4 Å². The van der Waals surface area contributed by atoms with Crippen LogP contribution in [0.15, 0.2) is 18.3 Å². The van der Waals surface area contributed by atoms with Crippen LogP contribution in [-0.2, 0) is 0 Å². The van der Waals surface area contributed by atoms with Gasteiger partial charge in [0.1, 0.15) is 11.8 Å². The van der Waals surface area contributed by atoms with Gasteiger partial charge in [0.15, 0.2) is 0 Å². The number of anilines is 1. The molecule has 1 saturated heterocycles. The first-order valence-corrected chi connectivity index (χ1v) is 5.67. The van der Waals surface area contributed by atoms with Crippen LogP contribution < -0.4 is 4.90 Å². The van der Waals surface area contributed by atoms with Gasteiger partial charge in [0.2, 0.25) is 0 Å². The van der Waals surface area contributed by atoms with Crippen LogP contribution >= 0.6 is 0 Å². The number of nitriles is 1. The minimum Gasteiger partial charge on any atom is -0.369 e. The minimum atomic E-state index is 0.496. The quantitative estimate of drug-likeness (QED) is 0.742. The lowest BCUT2D eigenvalue weighted by Gasteiger charge is -2.35. The average Bonchev–Trinajstić information content (AvgIpc) is 2.39. The number of nitrogens with zero attached hydrogens (tertiary/aromatic N) is 4. The third kappa shape index (κ3) is 2.31. The Labute approximate surface area is 96.1 Å². The third-order valence-corrected chi connectivity index (χ3v) is 3.04. The van der Waals surface area contributed by atoms with E-state index in [2.05, 4.69) is 27.8 Å². The van der Waals surface area contributed by atoms with Crippen LogP contribution in [0.4, 0.5) is 5.69 Å². The summed E-state index contributed by atoms with van der Waals surface area (Å²) in [7, 11) is 0. The van der Waals surface area contributed by atoms with Crippen LogP contribution in [-0.4, -0.2) is 42.6 Å². The van der Waals surface area contributed by atoms with Crippen molar-refractivity contribution in [2.45, 2.75) is 6.92 Å². The molecule has 1 aromatic heterocycles. The molecular weight excluding hydrogens is 200 g/mol. The van der Waals surface area contributed by atoms with Gasteiger partial charge in [0, 0.05) is 38.1 Å². The summed E-state index contributed by atoms with van der Waals surface area (Å²) in [5.74, 6) is 0. The van der Waals surface area contributed by atoms with Crippen molar-refractivity contribution in [3.63, 3.8) is 0 Å². The molecule has 2 heterocycles. The van der Waals surface area contributed by atoms with Gasteiger partial charge in [-0.25, -0.2) is 4.98 Å². The van der Waals surface area contributed by atoms with Gasteiger partial charge in [-0.3, -0.25) is 0 Å². The lowest BCUT2D eigenvalue weighted by atomic mass is 10.2. The maximum atomic E-state index is 8.80. The summed E-state index contributed by atoms with van der Waals surface area (Å²) in [6.07, 6.45) is 1.71. The Morgan fingerprint density at radius 2 is 2.12 bits per heavy atom. The van der Waals surface area contributed by atoms with Crippen molar-refractivity contribution >= 4 is 5.69 Å². The lowest BCUT2D eigenvalue weighted by molar-refractivity contribution is 0.271. The van der Waals surface area contributed by atoms with Gasteiger partial charge < -0.3 is 9.80 Å². The number of pyridine rings is 1. The molecule has 0 radical (unpaired) electrons. The second-order valence-corrected chi connectivity index (χ2v) is 3.93. The van der Waals surface area contributed by atoms with E-state index in [9.17, 15) is 0 Å². The molecule has 84 valence electrons. The molecule has 1 aromatic rings. The van der Waals surface area contributed by atoms with E-state index in [1.165, 1.54) is 0 Å². The molecule has 1 aliphatic rings. The number of likely N-dealkylation sites (N-methyl/N-ethyl adjacent to an activating group) is 1. The Kier molecular flexibility index (Phi) is 3.37. The van der Waals surface area contributed by atoms with E-state index in [4.69, 9.17) is 5.26 Å². The zero-order chi connectivity index (χ0) is 11.4. The standard InChI is InChI=1S/C12H16N4/c1-2-15-5-7-16(8-6-15)12-3-4-14-11(9-12)10-13/h3-4,9H,2,5-8H2,1H3. The number of piperazine rings is 1. The number of hydrogen-bond donors (Lipinski definition) is 0. The second-order valence-electron chi connectivity index (χ2n) is 3.93. The molecule has 4 heteroatoms. The predicted molar refractivity (Wildman–Crippen MR) is 63.3 cm³/mol. The molecule has 1 aliphatic heterocycles. The molecule has 0 N–H and O–H groups in total. The third-order valence-electron chi connectivity index (χ3n) is 3.04. The monoisotopic (exact) mass is 216 g/mol. The molecule has 0 spiro atoms. The zero-order valence-corrected chi connectivity index (χ0v) is 9.56. The Hall–Kier alpha value is -1.60. The van der Waals surface area contributed by atoms with Crippen molar-refractivity contribution in [3.05, 3.63) is 24.0 Å². The number of aromatic nitrogens is 1. The fourth-order valence-electron chi connectivity index (χ4n) is 2.00. The summed E-state index contributed by atoms with van der Waals surface area (Å²) in [5.41, 5.74) is 1.61. The minimum absolute atomic E-state index is 0.496. The van der Waals surface area contributed by atoms with Crippen LogP contribution in [0.25, 0.3) is 0 Å². The normalized spacial score (nSPS) is 17.1. The van der Waals surface area contributed by atoms with Crippen LogP contribution in [0.2, 0.25) is 0 Å². The molecule has 0 aromatic carbocycles. The molecule has 2 rings (SSSR count). The van der Waals surface area contributed by atoms with E-state index in [0.29, 0.717) is 5.69 Å². The van der Waals surface area contributed by atoms with Crippen LogP contribution in [0.3, 0.4) is 0 Å². The van der Waals surface area contributed by atoms with Crippen molar-refractivity contribution < 1.29 is 0 Å². The van der Waals surface area contributed by atoms with Gasteiger partial charge in [-0.1, -0.05) is 6.92 Å². The number of hydrogen-bond acceptors (Lipinski definition) is 4. The van der Waals surface area contributed by atoms with Gasteiger partial charge >= 0.3 is 0 Å². The fourth-order valence-corrected chi connectivity index (χ4v) is 2.00. The van der Waals surface area contributed by atoms with Crippen LogP contribution in [0, 0.1) is 11.3 Å². The molecule has 4 nitrogen and oxygen atoms in total. The Bertz CT molecular complexity index is 388. The highest BCUT2D eigenvalue weighted by Gasteiger charge is 2.15. The van der Waals surface area contributed by atoms with Gasteiger partial charge in [-0.15, -0.1) is 0 Å². The first-order chi connectivity index (χ1) is 7.83. The summed E-state index contributed by atoms with van der Waals surface area (Å²) < 4.78 is 0. The van der Waals surface area contributed by atoms with Crippen LogP contribution in [0.5, 0.6) is 0 Å². The molecule has 0 unspecified atom stereocenters. The van der Waals surface area contributed by atoms with Crippen molar-refractivity contribution in [1.29, 1.82) is 5.26 Å². The van der Waals surface area contributed by atoms with E-state index >= 15 is 0 Å². The lowest BCUT2D eigenvalue weighted by Crippen LogP contribution is -2.46. The topological polar surface area (TPSA) is 43.2 Å². The van der Waals surface area contributed by atoms with E-state index < -0.39 is 0 Å². The maximum absolute atomic E-state index is 8.80. The predicted octanol–water partition coefficient (Wildman–Crippen LogP) is 1.10. The molecule has 16 heavy (non-hydrogen) atoms. The second kappa shape index (κ2) is 4.95. The summed E-state index contributed by atoms with van der Waals surface area (Å²) >= 11 is 0. The van der Waals surface area contributed by atoms with Crippen molar-refractivity contribution in [1.82, 2.24) is 9.88 Å². The summed E-state index contributed by atoms with van der Waals surface area (Å²) in [6.45, 7) is 7.57. The molecule has 0 amide bonds. The molecular formula is C12H16N4. The average molecular weight is 216 g/mol. The Morgan fingerprint density at radius 3 is 2.75 bits per heavy atom. The van der Waals surface area contributed by atoms with Gasteiger partial charge in [-0.05, 0) is 18.7 Å².